The number of hydrogen-bond acceptors (Lipinski definition) is 4. The van der Waals surface area contributed by atoms with Gasteiger partial charge in [-0.25, -0.2) is 14.6 Å². The van der Waals surface area contributed by atoms with Gasteiger partial charge in [-0.3, -0.25) is 4.79 Å². The predicted octanol–water partition coefficient (Wildman–Crippen LogP) is -0.865. The van der Waals surface area contributed by atoms with Crippen molar-refractivity contribution in [2.45, 2.75) is 12.5 Å². The molecule has 3 N–H and O–H groups in total. The maximum Gasteiger partial charge on any atom is 0.326 e. The average Bonchev–Trinajstić information content (AvgIpc) is 2.90. The molecule has 0 saturated heterocycles. The van der Waals surface area contributed by atoms with Gasteiger partial charge in [-0.15, -0.1) is 0 Å². The average molecular weight is 297 g/mol. The molecule has 21 heavy (non-hydrogen) atoms. The standard InChI is InChI=1S/C12H19N5O4/c1-16(2)10(18)6-17(3)12(21)15-9(11(19)20)4-8-5-13-7-14-8/h5,7,9H,4,6H2,1-3H3,(H,13,14)(H,15,21)(H,19,20). The van der Waals surface area contributed by atoms with Crippen LogP contribution in [0.25, 0.3) is 0 Å². The van der Waals surface area contributed by atoms with E-state index in [0.29, 0.717) is 5.69 Å². The number of nitrogens with one attached hydrogen (secondary N) is 2. The molecule has 0 aromatic carbocycles. The summed E-state index contributed by atoms with van der Waals surface area (Å²) >= 11 is 0. The number of carboxylic acid groups (broad SMARTS) is 1. The summed E-state index contributed by atoms with van der Waals surface area (Å²) in [4.78, 5) is 43.6. The van der Waals surface area contributed by atoms with Gasteiger partial charge in [0.25, 0.3) is 0 Å². The van der Waals surface area contributed by atoms with Crippen molar-refractivity contribution in [1.82, 2.24) is 25.1 Å². The summed E-state index contributed by atoms with van der Waals surface area (Å²) in [5, 5.41) is 11.5. The van der Waals surface area contributed by atoms with Gasteiger partial charge in [-0.1, -0.05) is 0 Å². The van der Waals surface area contributed by atoms with Crippen LogP contribution in [0.4, 0.5) is 4.79 Å². The van der Waals surface area contributed by atoms with Crippen LogP contribution in [0.15, 0.2) is 12.5 Å². The molecule has 1 atom stereocenters. The number of amides is 3. The number of H-pyrrole nitrogens is 1. The summed E-state index contributed by atoms with van der Waals surface area (Å²) in [5.41, 5.74) is 0.592. The molecule has 3 amide bonds. The number of hydrogen-bond donors (Lipinski definition) is 3. The van der Waals surface area contributed by atoms with Crippen LogP contribution in [0.3, 0.4) is 0 Å². The highest BCUT2D eigenvalue weighted by Gasteiger charge is 2.23. The Morgan fingerprint density at radius 1 is 1.38 bits per heavy atom. The number of aromatic nitrogens is 2. The van der Waals surface area contributed by atoms with Crippen molar-refractivity contribution in [1.29, 1.82) is 0 Å². The summed E-state index contributed by atoms with van der Waals surface area (Å²) in [6.07, 6.45) is 3.00. The van der Waals surface area contributed by atoms with Crippen molar-refractivity contribution >= 4 is 17.9 Å². The Labute approximate surface area is 121 Å². The van der Waals surface area contributed by atoms with Gasteiger partial charge < -0.3 is 25.2 Å². The quantitative estimate of drug-likeness (QED) is 0.631. The Bertz CT molecular complexity index is 500. The molecule has 0 aliphatic heterocycles. The molecule has 0 aliphatic rings. The number of aromatic amines is 1. The van der Waals surface area contributed by atoms with Crippen LogP contribution in [-0.2, 0) is 16.0 Å². The molecule has 0 fully saturated rings. The van der Waals surface area contributed by atoms with Crippen molar-refractivity contribution in [3.63, 3.8) is 0 Å². The van der Waals surface area contributed by atoms with E-state index in [0.717, 1.165) is 4.90 Å². The minimum absolute atomic E-state index is 0.0799. The molecule has 1 aromatic rings. The van der Waals surface area contributed by atoms with Crippen LogP contribution >= 0.6 is 0 Å². The second-order valence-corrected chi connectivity index (χ2v) is 4.77. The van der Waals surface area contributed by atoms with Crippen LogP contribution in [0.1, 0.15) is 5.69 Å². The van der Waals surface area contributed by atoms with Gasteiger partial charge in [0, 0.05) is 39.5 Å². The lowest BCUT2D eigenvalue weighted by atomic mass is 10.1. The Balaban J connectivity index is 2.60. The fourth-order valence-electron chi connectivity index (χ4n) is 1.49. The van der Waals surface area contributed by atoms with Crippen molar-refractivity contribution in [3.8, 4) is 0 Å². The van der Waals surface area contributed by atoms with E-state index in [2.05, 4.69) is 15.3 Å². The smallest absolute Gasteiger partial charge is 0.326 e. The normalized spacial score (nSPS) is 11.6. The van der Waals surface area contributed by atoms with Gasteiger partial charge in [0.05, 0.1) is 6.33 Å². The summed E-state index contributed by atoms with van der Waals surface area (Å²) in [7, 11) is 4.57. The number of carbonyl (C=O) groups is 3. The first-order chi connectivity index (χ1) is 9.81. The number of likely N-dealkylation sites (N-methyl/N-ethyl adjacent to an activating group) is 2. The van der Waals surface area contributed by atoms with Gasteiger partial charge >= 0.3 is 12.0 Å². The molecular weight excluding hydrogens is 278 g/mol. The van der Waals surface area contributed by atoms with Crippen molar-refractivity contribution < 1.29 is 19.5 Å². The Morgan fingerprint density at radius 2 is 2.05 bits per heavy atom. The molecule has 1 unspecified atom stereocenters. The lowest BCUT2D eigenvalue weighted by Crippen LogP contribution is -2.49. The zero-order valence-corrected chi connectivity index (χ0v) is 12.2. The highest BCUT2D eigenvalue weighted by molar-refractivity contribution is 5.86. The molecule has 1 heterocycles. The van der Waals surface area contributed by atoms with E-state index < -0.39 is 18.0 Å². The molecule has 0 aliphatic carbocycles. The Kier molecular flexibility index (Phi) is 5.70. The van der Waals surface area contributed by atoms with Gasteiger partial charge in [0.15, 0.2) is 0 Å². The van der Waals surface area contributed by atoms with Gasteiger partial charge in [-0.05, 0) is 0 Å². The minimum atomic E-state index is -1.16. The number of rotatable bonds is 6. The lowest BCUT2D eigenvalue weighted by molar-refractivity contribution is -0.139. The number of imidazole rings is 1. The van der Waals surface area contributed by atoms with Crippen molar-refractivity contribution in [2.75, 3.05) is 27.7 Å². The van der Waals surface area contributed by atoms with Crippen LogP contribution in [0.5, 0.6) is 0 Å². The van der Waals surface area contributed by atoms with Crippen molar-refractivity contribution in [3.05, 3.63) is 18.2 Å². The maximum absolute atomic E-state index is 11.9. The molecule has 0 bridgehead atoms. The number of nitrogens with zero attached hydrogens (tertiary/aromatic N) is 3. The number of carbonyl (C=O) groups excluding carboxylic acids is 2. The third-order valence-electron chi connectivity index (χ3n) is 2.79. The fraction of sp³-hybridized carbons (Fsp3) is 0.500. The molecule has 0 saturated carbocycles. The van der Waals surface area contributed by atoms with E-state index in [4.69, 9.17) is 5.11 Å². The second kappa shape index (κ2) is 7.27. The molecule has 116 valence electrons. The molecule has 9 nitrogen and oxygen atoms in total. The number of aliphatic carboxylic acids is 1. The number of urea groups is 1. The summed E-state index contributed by atoms with van der Waals surface area (Å²) < 4.78 is 0. The van der Waals surface area contributed by atoms with Crippen molar-refractivity contribution in [2.24, 2.45) is 0 Å². The maximum atomic E-state index is 11.9. The first kappa shape index (κ1) is 16.5. The van der Waals surface area contributed by atoms with E-state index in [1.165, 1.54) is 24.5 Å². The van der Waals surface area contributed by atoms with E-state index in [1.807, 2.05) is 0 Å². The van der Waals surface area contributed by atoms with Gasteiger partial charge in [-0.2, -0.15) is 0 Å². The Hall–Kier alpha value is -2.58. The molecule has 1 aromatic heterocycles. The monoisotopic (exact) mass is 297 g/mol. The zero-order chi connectivity index (χ0) is 16.0. The van der Waals surface area contributed by atoms with Gasteiger partial charge in [0.1, 0.15) is 12.6 Å². The SMILES string of the molecule is CN(C)C(=O)CN(C)C(=O)NC(Cc1cnc[nH]1)C(=O)O. The molecule has 9 heteroatoms. The van der Waals surface area contributed by atoms with E-state index >= 15 is 0 Å². The van der Waals surface area contributed by atoms with Crippen LogP contribution < -0.4 is 5.32 Å². The fourth-order valence-corrected chi connectivity index (χ4v) is 1.49. The lowest BCUT2D eigenvalue weighted by Gasteiger charge is -2.22. The summed E-state index contributed by atoms with van der Waals surface area (Å²) in [6.45, 7) is -0.130. The highest BCUT2D eigenvalue weighted by Crippen LogP contribution is 2.00. The topological polar surface area (TPSA) is 119 Å². The third kappa shape index (κ3) is 5.13. The summed E-state index contributed by atoms with van der Waals surface area (Å²) in [6, 6.07) is -1.73. The van der Waals surface area contributed by atoms with Gasteiger partial charge in [0.2, 0.25) is 5.91 Å². The molecule has 0 spiro atoms. The van der Waals surface area contributed by atoms with E-state index in [-0.39, 0.29) is 18.9 Å². The highest BCUT2D eigenvalue weighted by atomic mass is 16.4. The van der Waals surface area contributed by atoms with Crippen LogP contribution in [0, 0.1) is 0 Å². The third-order valence-corrected chi connectivity index (χ3v) is 2.79. The largest absolute Gasteiger partial charge is 0.480 e. The van der Waals surface area contributed by atoms with Crippen LogP contribution in [-0.4, -0.2) is 76.5 Å². The Morgan fingerprint density at radius 3 is 2.52 bits per heavy atom. The number of carboxylic acids is 1. The van der Waals surface area contributed by atoms with E-state index in [1.54, 1.807) is 14.1 Å². The van der Waals surface area contributed by atoms with Crippen LogP contribution in [0.2, 0.25) is 0 Å². The molecule has 0 radical (unpaired) electrons. The first-order valence-electron chi connectivity index (χ1n) is 6.23. The summed E-state index contributed by atoms with van der Waals surface area (Å²) in [5.74, 6) is -1.42. The molecular formula is C12H19N5O4. The van der Waals surface area contributed by atoms with E-state index in [9.17, 15) is 14.4 Å². The second-order valence-electron chi connectivity index (χ2n) is 4.77. The zero-order valence-electron chi connectivity index (χ0n) is 12.2. The first-order valence-corrected chi connectivity index (χ1v) is 6.23. The predicted molar refractivity (Wildman–Crippen MR) is 73.6 cm³/mol. The minimum Gasteiger partial charge on any atom is -0.480 e. The molecule has 1 rings (SSSR count).